The third-order valence-electron chi connectivity index (χ3n) is 4.61. The molecule has 8 heteroatoms. The monoisotopic (exact) mass is 418 g/mol. The van der Waals surface area contributed by atoms with E-state index in [0.717, 1.165) is 16.1 Å². The lowest BCUT2D eigenvalue weighted by atomic mass is 10.1. The second-order valence-corrected chi connectivity index (χ2v) is 8.25. The number of ether oxygens (including phenoxy) is 1. The van der Waals surface area contributed by atoms with Crippen molar-refractivity contribution < 1.29 is 19.1 Å². The number of amides is 2. The van der Waals surface area contributed by atoms with E-state index < -0.39 is 11.9 Å². The highest BCUT2D eigenvalue weighted by molar-refractivity contribution is 7.98. The van der Waals surface area contributed by atoms with Crippen LogP contribution in [0.4, 0.5) is 5.69 Å². The minimum atomic E-state index is -0.553. The number of carbonyl (C=O) groups is 3. The third-order valence-corrected chi connectivity index (χ3v) is 6.08. The molecule has 1 aliphatic rings. The minimum absolute atomic E-state index is 0.0993. The summed E-state index contributed by atoms with van der Waals surface area (Å²) >= 11 is 3.19. The van der Waals surface area contributed by atoms with Gasteiger partial charge in [-0.1, -0.05) is 0 Å². The van der Waals surface area contributed by atoms with Crippen LogP contribution in [-0.4, -0.2) is 49.1 Å². The molecule has 1 aliphatic heterocycles. The fourth-order valence-corrected chi connectivity index (χ4v) is 4.05. The zero-order valence-electron chi connectivity index (χ0n) is 15.8. The van der Waals surface area contributed by atoms with Gasteiger partial charge in [0.1, 0.15) is 0 Å². The number of rotatable bonds is 7. The fraction of sp³-hybridized carbons (Fsp3) is 0.350. The molecule has 0 spiro atoms. The van der Waals surface area contributed by atoms with E-state index in [9.17, 15) is 14.4 Å². The number of thioether (sulfide) groups is 1. The molecule has 0 bridgehead atoms. The van der Waals surface area contributed by atoms with E-state index in [1.54, 1.807) is 35.0 Å². The van der Waals surface area contributed by atoms with Crippen molar-refractivity contribution in [3.8, 4) is 0 Å². The van der Waals surface area contributed by atoms with Crippen molar-refractivity contribution in [1.82, 2.24) is 4.90 Å². The number of nitrogens with zero attached hydrogens (tertiary/aromatic N) is 2. The van der Waals surface area contributed by atoms with Gasteiger partial charge in [0.05, 0.1) is 5.92 Å². The van der Waals surface area contributed by atoms with Crippen LogP contribution in [0.15, 0.2) is 46.0 Å². The van der Waals surface area contributed by atoms with Crippen molar-refractivity contribution in [1.29, 1.82) is 0 Å². The number of esters is 1. The number of anilines is 1. The van der Waals surface area contributed by atoms with Gasteiger partial charge in [-0.2, -0.15) is 11.3 Å². The molecule has 0 saturated carbocycles. The second-order valence-electron chi connectivity index (χ2n) is 6.59. The first-order valence-electron chi connectivity index (χ1n) is 8.84. The number of benzene rings is 1. The molecule has 1 aromatic carbocycles. The van der Waals surface area contributed by atoms with Gasteiger partial charge >= 0.3 is 5.97 Å². The molecule has 28 heavy (non-hydrogen) atoms. The van der Waals surface area contributed by atoms with E-state index in [1.807, 2.05) is 47.3 Å². The van der Waals surface area contributed by atoms with Crippen molar-refractivity contribution >= 4 is 46.6 Å². The molecule has 0 aliphatic carbocycles. The molecule has 6 nitrogen and oxygen atoms in total. The van der Waals surface area contributed by atoms with Crippen LogP contribution < -0.4 is 4.90 Å². The maximum absolute atomic E-state index is 12.3. The second kappa shape index (κ2) is 9.25. The van der Waals surface area contributed by atoms with Gasteiger partial charge in [-0.25, -0.2) is 0 Å². The zero-order chi connectivity index (χ0) is 20.1. The highest BCUT2D eigenvalue weighted by atomic mass is 32.2. The molecule has 1 aromatic heterocycles. The molecular formula is C20H22N2O4S2. The SMILES string of the molecule is CSc1ccc(N2C[C@H](C(=O)OCC(=O)N(C)Cc3ccsc3)CC2=O)cc1. The minimum Gasteiger partial charge on any atom is -0.455 e. The van der Waals surface area contributed by atoms with Crippen LogP contribution in [0.1, 0.15) is 12.0 Å². The summed E-state index contributed by atoms with van der Waals surface area (Å²) in [5.74, 6) is -1.44. The van der Waals surface area contributed by atoms with Gasteiger partial charge in [-0.05, 0) is 52.9 Å². The molecule has 1 fully saturated rings. The first kappa shape index (κ1) is 20.4. The Labute approximate surface area is 172 Å². The summed E-state index contributed by atoms with van der Waals surface area (Å²) in [6.45, 7) is 0.434. The number of hydrogen-bond donors (Lipinski definition) is 0. The summed E-state index contributed by atoms with van der Waals surface area (Å²) in [5.41, 5.74) is 1.81. The van der Waals surface area contributed by atoms with Crippen LogP contribution in [0, 0.1) is 5.92 Å². The predicted octanol–water partition coefficient (Wildman–Crippen LogP) is 3.02. The van der Waals surface area contributed by atoms with Crippen molar-refractivity contribution in [2.75, 3.05) is 31.4 Å². The Bertz CT molecular complexity index is 836. The summed E-state index contributed by atoms with van der Waals surface area (Å²) in [6.07, 6.45) is 2.09. The summed E-state index contributed by atoms with van der Waals surface area (Å²) < 4.78 is 5.19. The van der Waals surface area contributed by atoms with Gasteiger partial charge in [0.15, 0.2) is 6.61 Å². The van der Waals surface area contributed by atoms with Gasteiger partial charge in [0.2, 0.25) is 5.91 Å². The van der Waals surface area contributed by atoms with Gasteiger partial charge in [-0.15, -0.1) is 11.8 Å². The normalized spacial score (nSPS) is 16.3. The molecule has 2 amide bonds. The van der Waals surface area contributed by atoms with E-state index in [1.165, 1.54) is 4.90 Å². The largest absolute Gasteiger partial charge is 0.455 e. The molecule has 2 aromatic rings. The average Bonchev–Trinajstić information content (AvgIpc) is 3.35. The molecule has 2 heterocycles. The highest BCUT2D eigenvalue weighted by Crippen LogP contribution is 2.27. The molecule has 0 unspecified atom stereocenters. The lowest BCUT2D eigenvalue weighted by Gasteiger charge is -2.18. The molecule has 0 radical (unpaired) electrons. The number of hydrogen-bond acceptors (Lipinski definition) is 6. The molecule has 148 valence electrons. The Balaban J connectivity index is 1.50. The van der Waals surface area contributed by atoms with Gasteiger partial charge in [0.25, 0.3) is 5.91 Å². The zero-order valence-corrected chi connectivity index (χ0v) is 17.4. The first-order valence-corrected chi connectivity index (χ1v) is 11.0. The summed E-state index contributed by atoms with van der Waals surface area (Å²) in [6, 6.07) is 9.59. The summed E-state index contributed by atoms with van der Waals surface area (Å²) in [4.78, 5) is 41.0. The van der Waals surface area contributed by atoms with E-state index >= 15 is 0 Å². The topological polar surface area (TPSA) is 66.9 Å². The lowest BCUT2D eigenvalue weighted by molar-refractivity contribution is -0.155. The highest BCUT2D eigenvalue weighted by Gasteiger charge is 2.36. The number of likely N-dealkylation sites (N-methyl/N-ethyl adjacent to an activating group) is 1. The van der Waals surface area contributed by atoms with Crippen LogP contribution in [0.25, 0.3) is 0 Å². The van der Waals surface area contributed by atoms with Crippen LogP contribution in [-0.2, 0) is 25.7 Å². The Kier molecular flexibility index (Phi) is 6.74. The summed E-state index contributed by atoms with van der Waals surface area (Å²) in [5, 5.41) is 3.92. The maximum atomic E-state index is 12.3. The average molecular weight is 419 g/mol. The van der Waals surface area contributed by atoms with Crippen molar-refractivity contribution in [3.63, 3.8) is 0 Å². The Morgan fingerprint density at radius 1 is 1.29 bits per heavy atom. The standard InChI is InChI=1S/C20H22N2O4S2/c1-21(10-14-7-8-28-13-14)19(24)12-26-20(25)15-9-18(23)22(11-15)16-3-5-17(27-2)6-4-16/h3-8,13,15H,9-12H2,1-2H3/t15-/m1/s1. The van der Waals surface area contributed by atoms with E-state index in [-0.39, 0.29) is 31.4 Å². The van der Waals surface area contributed by atoms with Crippen LogP contribution in [0.5, 0.6) is 0 Å². The first-order chi connectivity index (χ1) is 13.5. The molecule has 1 saturated heterocycles. The van der Waals surface area contributed by atoms with Crippen LogP contribution in [0.3, 0.4) is 0 Å². The Morgan fingerprint density at radius 3 is 2.68 bits per heavy atom. The van der Waals surface area contributed by atoms with Gasteiger partial charge in [-0.3, -0.25) is 14.4 Å². The molecule has 3 rings (SSSR count). The smallest absolute Gasteiger partial charge is 0.311 e. The van der Waals surface area contributed by atoms with E-state index in [2.05, 4.69) is 0 Å². The van der Waals surface area contributed by atoms with Crippen molar-refractivity contribution in [3.05, 3.63) is 46.7 Å². The Morgan fingerprint density at radius 2 is 2.04 bits per heavy atom. The fourth-order valence-electron chi connectivity index (χ4n) is 2.98. The van der Waals surface area contributed by atoms with E-state index in [4.69, 9.17) is 4.74 Å². The molecular weight excluding hydrogens is 396 g/mol. The maximum Gasteiger partial charge on any atom is 0.311 e. The van der Waals surface area contributed by atoms with E-state index in [0.29, 0.717) is 6.54 Å². The van der Waals surface area contributed by atoms with Crippen molar-refractivity contribution in [2.45, 2.75) is 17.9 Å². The van der Waals surface area contributed by atoms with Crippen molar-refractivity contribution in [2.24, 2.45) is 5.92 Å². The van der Waals surface area contributed by atoms with Crippen LogP contribution >= 0.6 is 23.1 Å². The van der Waals surface area contributed by atoms with Crippen LogP contribution in [0.2, 0.25) is 0 Å². The predicted molar refractivity (Wildman–Crippen MR) is 110 cm³/mol. The van der Waals surface area contributed by atoms with Gasteiger partial charge in [0, 0.05) is 37.1 Å². The number of carbonyl (C=O) groups excluding carboxylic acids is 3. The molecule has 0 N–H and O–H groups in total. The summed E-state index contributed by atoms with van der Waals surface area (Å²) in [7, 11) is 1.67. The third kappa shape index (κ3) is 4.94. The lowest BCUT2D eigenvalue weighted by Crippen LogP contribution is -2.32. The Hall–Kier alpha value is -2.32. The quantitative estimate of drug-likeness (QED) is 0.511. The molecule has 1 atom stereocenters. The number of thiophene rings is 1. The van der Waals surface area contributed by atoms with Gasteiger partial charge < -0.3 is 14.5 Å².